The van der Waals surface area contributed by atoms with Gasteiger partial charge in [-0.2, -0.15) is 0 Å². The fourth-order valence-corrected chi connectivity index (χ4v) is 4.41. The Bertz CT molecular complexity index is 888. The van der Waals surface area contributed by atoms with E-state index in [4.69, 9.17) is 16.3 Å². The summed E-state index contributed by atoms with van der Waals surface area (Å²) in [4.78, 5) is 11.7. The van der Waals surface area contributed by atoms with Crippen molar-refractivity contribution in [2.24, 2.45) is 0 Å². The van der Waals surface area contributed by atoms with Gasteiger partial charge in [-0.25, -0.2) is 13.1 Å². The first-order valence-electron chi connectivity index (χ1n) is 7.46. The number of hydrogen-bond acceptors (Lipinski definition) is 6. The molecule has 2 rings (SSSR count). The van der Waals surface area contributed by atoms with E-state index in [2.05, 4.69) is 4.72 Å². The third kappa shape index (κ3) is 5.42. The number of benzene rings is 2. The van der Waals surface area contributed by atoms with Crippen molar-refractivity contribution in [1.82, 2.24) is 4.72 Å². The van der Waals surface area contributed by atoms with Crippen LogP contribution in [0.1, 0.15) is 6.92 Å². The molecule has 0 aliphatic heterocycles. The first-order valence-corrected chi connectivity index (χ1v) is 10.1. The van der Waals surface area contributed by atoms with Crippen LogP contribution in [0.4, 0.5) is 5.69 Å². The summed E-state index contributed by atoms with van der Waals surface area (Å²) in [7, 11) is -2.44. The molecule has 0 aliphatic rings. The normalized spacial score (nSPS) is 12.7. The fourth-order valence-electron chi connectivity index (χ4n) is 2.14. The molecule has 0 heterocycles. The number of nitrogens with one attached hydrogen (secondary N) is 1. The molecule has 1 atom stereocenters. The molecule has 0 unspecified atom stereocenters. The molecular weight excluding hydrogens is 400 g/mol. The Morgan fingerprint density at radius 3 is 2.50 bits per heavy atom. The molecule has 0 amide bonds. The molecule has 10 heteroatoms. The summed E-state index contributed by atoms with van der Waals surface area (Å²) >= 11 is 6.99. The minimum Gasteiger partial charge on any atom is -0.383 e. The summed E-state index contributed by atoms with van der Waals surface area (Å²) in [6.45, 7) is 1.83. The van der Waals surface area contributed by atoms with Crippen molar-refractivity contribution in [1.29, 1.82) is 0 Å². The number of nitrogens with zero attached hydrogens (tertiary/aromatic N) is 1. The lowest BCUT2D eigenvalue weighted by atomic mass is 10.3. The maximum atomic E-state index is 12.4. The zero-order valence-electron chi connectivity index (χ0n) is 14.0. The summed E-state index contributed by atoms with van der Waals surface area (Å²) in [5, 5.41) is 12.0. The van der Waals surface area contributed by atoms with Gasteiger partial charge < -0.3 is 4.74 Å². The van der Waals surface area contributed by atoms with Crippen LogP contribution in [-0.2, 0) is 14.8 Å². The molecule has 0 radical (unpaired) electrons. The first-order chi connectivity index (χ1) is 12.2. The van der Waals surface area contributed by atoms with Crippen LogP contribution in [0, 0.1) is 10.1 Å². The molecule has 0 aliphatic carbocycles. The minimum atomic E-state index is -3.89. The summed E-state index contributed by atoms with van der Waals surface area (Å²) in [6.07, 6.45) is 0. The third-order valence-corrected chi connectivity index (χ3v) is 6.16. The van der Waals surface area contributed by atoms with E-state index in [9.17, 15) is 18.5 Å². The zero-order chi connectivity index (χ0) is 19.3. The Kier molecular flexibility index (Phi) is 7.01. The van der Waals surface area contributed by atoms with E-state index in [0.717, 1.165) is 22.7 Å². The van der Waals surface area contributed by atoms with Crippen molar-refractivity contribution in [3.8, 4) is 0 Å². The van der Waals surface area contributed by atoms with E-state index in [0.29, 0.717) is 9.92 Å². The Morgan fingerprint density at radius 1 is 1.27 bits per heavy atom. The van der Waals surface area contributed by atoms with Crippen molar-refractivity contribution >= 4 is 39.1 Å². The van der Waals surface area contributed by atoms with E-state index in [-0.39, 0.29) is 17.2 Å². The number of halogens is 1. The molecule has 1 N–H and O–H groups in total. The molecule has 0 saturated carbocycles. The van der Waals surface area contributed by atoms with Gasteiger partial charge in [0.05, 0.1) is 21.3 Å². The van der Waals surface area contributed by atoms with Crippen molar-refractivity contribution < 1.29 is 18.1 Å². The Hall–Kier alpha value is -1.65. The number of nitro benzene ring substituents is 1. The number of rotatable bonds is 8. The number of nitro groups is 1. The average molecular weight is 417 g/mol. The quantitative estimate of drug-likeness (QED) is 0.520. The highest BCUT2D eigenvalue weighted by molar-refractivity contribution is 7.99. The highest BCUT2D eigenvalue weighted by atomic mass is 35.5. The van der Waals surface area contributed by atoms with Crippen LogP contribution < -0.4 is 4.72 Å². The molecule has 2 aromatic carbocycles. The van der Waals surface area contributed by atoms with E-state index >= 15 is 0 Å². The van der Waals surface area contributed by atoms with Crippen molar-refractivity contribution in [3.05, 3.63) is 57.6 Å². The van der Waals surface area contributed by atoms with Gasteiger partial charge >= 0.3 is 0 Å². The number of ether oxygens (including phenoxy) is 1. The van der Waals surface area contributed by atoms with Gasteiger partial charge in [0.1, 0.15) is 0 Å². The topological polar surface area (TPSA) is 98.5 Å². The molecule has 0 bridgehead atoms. The number of sulfonamides is 1. The second-order valence-corrected chi connectivity index (χ2v) is 8.69. The lowest BCUT2D eigenvalue weighted by molar-refractivity contribution is -0.388. The molecule has 0 fully saturated rings. The van der Waals surface area contributed by atoms with Crippen molar-refractivity contribution in [3.63, 3.8) is 0 Å². The molecule has 7 nitrogen and oxygen atoms in total. The fraction of sp³-hybridized carbons (Fsp3) is 0.250. The van der Waals surface area contributed by atoms with Gasteiger partial charge in [0.25, 0.3) is 5.69 Å². The maximum absolute atomic E-state index is 12.4. The second kappa shape index (κ2) is 8.83. The zero-order valence-corrected chi connectivity index (χ0v) is 16.4. The van der Waals surface area contributed by atoms with Gasteiger partial charge in [-0.1, -0.05) is 23.4 Å². The van der Waals surface area contributed by atoms with Crippen LogP contribution in [0.3, 0.4) is 0 Å². The van der Waals surface area contributed by atoms with Crippen molar-refractivity contribution in [2.45, 2.75) is 27.7 Å². The van der Waals surface area contributed by atoms with E-state index in [1.165, 1.54) is 19.2 Å². The van der Waals surface area contributed by atoms with Gasteiger partial charge in [-0.15, -0.1) is 0 Å². The molecule has 2 aromatic rings. The van der Waals surface area contributed by atoms with E-state index < -0.39 is 21.0 Å². The van der Waals surface area contributed by atoms with Crippen LogP contribution in [0.2, 0.25) is 5.02 Å². The van der Waals surface area contributed by atoms with Gasteiger partial charge in [0.15, 0.2) is 0 Å². The monoisotopic (exact) mass is 416 g/mol. The summed E-state index contributed by atoms with van der Waals surface area (Å²) in [5.41, 5.74) is -0.285. The van der Waals surface area contributed by atoms with Crippen LogP contribution in [0.15, 0.2) is 57.2 Å². The SMILES string of the molecule is COC[C@@H](C)NS(=O)(=O)c1ccc(Sc2ccc(Cl)cc2)c([N+](=O)[O-])c1. The van der Waals surface area contributed by atoms with Gasteiger partial charge in [0.2, 0.25) is 10.0 Å². The standard InChI is InChI=1S/C16H17ClN2O5S2/c1-11(10-24-2)18-26(22,23)14-7-8-16(15(9-14)19(20)21)25-13-5-3-12(17)4-6-13/h3-9,11,18H,10H2,1-2H3/t11-/m1/s1. The highest BCUT2D eigenvalue weighted by Crippen LogP contribution is 2.36. The predicted octanol–water partition coefficient (Wildman–Crippen LogP) is 3.71. The van der Waals surface area contributed by atoms with Gasteiger partial charge in [0, 0.05) is 29.1 Å². The molecule has 26 heavy (non-hydrogen) atoms. The van der Waals surface area contributed by atoms with E-state index in [1.807, 2.05) is 0 Å². The van der Waals surface area contributed by atoms with Crippen LogP contribution >= 0.6 is 23.4 Å². The van der Waals surface area contributed by atoms with Crippen LogP contribution in [0.25, 0.3) is 0 Å². The Balaban J connectivity index is 2.33. The maximum Gasteiger partial charge on any atom is 0.284 e. The van der Waals surface area contributed by atoms with Crippen LogP contribution in [0.5, 0.6) is 0 Å². The molecular formula is C16H17ClN2O5S2. The molecule has 0 spiro atoms. The van der Waals surface area contributed by atoms with Gasteiger partial charge in [-0.3, -0.25) is 10.1 Å². The van der Waals surface area contributed by atoms with E-state index in [1.54, 1.807) is 31.2 Å². The summed E-state index contributed by atoms with van der Waals surface area (Å²) in [6, 6.07) is 10.2. The number of hydrogen-bond donors (Lipinski definition) is 1. The smallest absolute Gasteiger partial charge is 0.284 e. The summed E-state index contributed by atoms with van der Waals surface area (Å²) in [5.74, 6) is 0. The second-order valence-electron chi connectivity index (χ2n) is 5.42. The largest absolute Gasteiger partial charge is 0.383 e. The average Bonchev–Trinajstić information content (AvgIpc) is 2.56. The minimum absolute atomic E-state index is 0.174. The lowest BCUT2D eigenvalue weighted by Crippen LogP contribution is -2.35. The molecule has 0 saturated heterocycles. The Labute approximate surface area is 160 Å². The number of methoxy groups -OCH3 is 1. The highest BCUT2D eigenvalue weighted by Gasteiger charge is 2.23. The lowest BCUT2D eigenvalue weighted by Gasteiger charge is -2.13. The molecule has 0 aromatic heterocycles. The summed E-state index contributed by atoms with van der Waals surface area (Å²) < 4.78 is 32.1. The predicted molar refractivity (Wildman–Crippen MR) is 100 cm³/mol. The third-order valence-electron chi connectivity index (χ3n) is 3.25. The first kappa shape index (κ1) is 20.7. The Morgan fingerprint density at radius 2 is 1.92 bits per heavy atom. The molecule has 140 valence electrons. The van der Waals surface area contributed by atoms with Crippen LogP contribution in [-0.4, -0.2) is 33.1 Å². The van der Waals surface area contributed by atoms with Crippen molar-refractivity contribution in [2.75, 3.05) is 13.7 Å². The van der Waals surface area contributed by atoms with Gasteiger partial charge in [-0.05, 0) is 43.3 Å².